The van der Waals surface area contributed by atoms with Crippen LogP contribution >= 0.6 is 11.6 Å². The number of aryl methyl sites for hydroxylation is 1. The third-order valence-electron chi connectivity index (χ3n) is 4.93. The molecule has 2 aromatic rings. The maximum absolute atomic E-state index is 12.6. The van der Waals surface area contributed by atoms with Crippen LogP contribution in [0.25, 0.3) is 0 Å². The van der Waals surface area contributed by atoms with Crippen molar-refractivity contribution in [1.82, 2.24) is 9.80 Å². The fourth-order valence-electron chi connectivity index (χ4n) is 3.37. The van der Waals surface area contributed by atoms with Crippen LogP contribution in [0, 0.1) is 6.92 Å². The number of hydrogen-bond acceptors (Lipinski definition) is 3. The minimum Gasteiger partial charge on any atom is -0.367 e. The van der Waals surface area contributed by atoms with E-state index in [0.717, 1.165) is 43.4 Å². The molecule has 1 aliphatic heterocycles. The summed E-state index contributed by atoms with van der Waals surface area (Å²) in [6.07, 6.45) is 0. The molecular weight excluding hydrogens is 346 g/mol. The van der Waals surface area contributed by atoms with Gasteiger partial charge in [0.25, 0.3) is 0 Å². The van der Waals surface area contributed by atoms with Gasteiger partial charge in [-0.15, -0.1) is 0 Å². The number of piperazine rings is 1. The Bertz CT molecular complexity index is 756. The van der Waals surface area contributed by atoms with E-state index in [-0.39, 0.29) is 5.91 Å². The number of anilines is 1. The van der Waals surface area contributed by atoms with Gasteiger partial charge >= 0.3 is 0 Å². The summed E-state index contributed by atoms with van der Waals surface area (Å²) in [6, 6.07) is 16.2. The van der Waals surface area contributed by atoms with Crippen LogP contribution in [-0.4, -0.2) is 55.5 Å². The Balaban J connectivity index is 1.51. The van der Waals surface area contributed by atoms with Crippen molar-refractivity contribution in [2.75, 3.05) is 44.7 Å². The number of nitrogens with zero attached hydrogens (tertiary/aromatic N) is 3. The normalized spacial score (nSPS) is 14.8. The van der Waals surface area contributed by atoms with E-state index < -0.39 is 0 Å². The molecule has 0 aromatic heterocycles. The van der Waals surface area contributed by atoms with E-state index >= 15 is 0 Å². The highest BCUT2D eigenvalue weighted by atomic mass is 35.5. The number of hydrogen-bond donors (Lipinski definition) is 0. The Morgan fingerprint density at radius 3 is 2.38 bits per heavy atom. The topological polar surface area (TPSA) is 26.8 Å². The maximum Gasteiger partial charge on any atom is 0.236 e. The van der Waals surface area contributed by atoms with Crippen LogP contribution in [0.5, 0.6) is 0 Å². The third-order valence-corrected chi connectivity index (χ3v) is 5.25. The van der Waals surface area contributed by atoms with Crippen LogP contribution < -0.4 is 4.90 Å². The average molecular weight is 372 g/mol. The minimum atomic E-state index is 0.194. The van der Waals surface area contributed by atoms with Gasteiger partial charge < -0.3 is 9.80 Å². The van der Waals surface area contributed by atoms with Crippen LogP contribution in [0.1, 0.15) is 11.1 Å². The number of benzene rings is 2. The second-order valence-electron chi connectivity index (χ2n) is 6.92. The van der Waals surface area contributed by atoms with E-state index in [4.69, 9.17) is 11.6 Å². The number of likely N-dealkylation sites (N-methyl/N-ethyl adjacent to an activating group) is 1. The van der Waals surface area contributed by atoms with Crippen molar-refractivity contribution in [2.24, 2.45) is 0 Å². The smallest absolute Gasteiger partial charge is 0.236 e. The van der Waals surface area contributed by atoms with Gasteiger partial charge in [0.2, 0.25) is 5.91 Å². The number of carbonyl (C=O) groups excluding carboxylic acids is 1. The predicted octanol–water partition coefficient (Wildman–Crippen LogP) is 3.43. The molecule has 0 atom stereocenters. The van der Waals surface area contributed by atoms with E-state index in [1.165, 1.54) is 11.1 Å². The van der Waals surface area contributed by atoms with Crippen LogP contribution in [0.15, 0.2) is 48.5 Å². The lowest BCUT2D eigenvalue weighted by atomic mass is 10.1. The zero-order valence-electron chi connectivity index (χ0n) is 15.5. The van der Waals surface area contributed by atoms with Gasteiger partial charge in [-0.3, -0.25) is 9.69 Å². The van der Waals surface area contributed by atoms with E-state index in [2.05, 4.69) is 28.9 Å². The molecule has 4 nitrogen and oxygen atoms in total. The van der Waals surface area contributed by atoms with Gasteiger partial charge in [-0.1, -0.05) is 48.0 Å². The Morgan fingerprint density at radius 2 is 1.69 bits per heavy atom. The lowest BCUT2D eigenvalue weighted by molar-refractivity contribution is -0.132. The van der Waals surface area contributed by atoms with Crippen LogP contribution in [-0.2, 0) is 11.3 Å². The van der Waals surface area contributed by atoms with Crippen molar-refractivity contribution >= 4 is 23.2 Å². The van der Waals surface area contributed by atoms with Crippen molar-refractivity contribution in [3.05, 3.63) is 64.7 Å². The number of halogens is 1. The summed E-state index contributed by atoms with van der Waals surface area (Å²) in [7, 11) is 2.00. The highest BCUT2D eigenvalue weighted by Gasteiger charge is 2.23. The fraction of sp³-hybridized carbons (Fsp3) is 0.381. The molecule has 138 valence electrons. The Labute approximate surface area is 161 Å². The second-order valence-corrected chi connectivity index (χ2v) is 7.33. The molecule has 1 amide bonds. The molecule has 1 saturated heterocycles. The molecule has 0 radical (unpaired) electrons. The molecule has 0 unspecified atom stereocenters. The molecule has 5 heteroatoms. The quantitative estimate of drug-likeness (QED) is 0.805. The first-order valence-electron chi connectivity index (χ1n) is 9.05. The molecule has 3 rings (SSSR count). The van der Waals surface area contributed by atoms with Crippen molar-refractivity contribution in [3.8, 4) is 0 Å². The van der Waals surface area contributed by atoms with Crippen molar-refractivity contribution in [1.29, 1.82) is 0 Å². The zero-order valence-corrected chi connectivity index (χ0v) is 16.2. The molecule has 0 N–H and O–H groups in total. The van der Waals surface area contributed by atoms with Crippen LogP contribution in [0.3, 0.4) is 0 Å². The Kier molecular flexibility index (Phi) is 6.17. The van der Waals surface area contributed by atoms with Crippen molar-refractivity contribution < 1.29 is 4.79 Å². The summed E-state index contributed by atoms with van der Waals surface area (Å²) in [6.45, 7) is 6.45. The van der Waals surface area contributed by atoms with E-state index in [0.29, 0.717) is 6.54 Å². The largest absolute Gasteiger partial charge is 0.367 e. The Hall–Kier alpha value is -2.04. The van der Waals surface area contributed by atoms with Crippen LogP contribution in [0.2, 0.25) is 5.02 Å². The minimum absolute atomic E-state index is 0.194. The molecule has 0 bridgehead atoms. The number of para-hydroxylation sites is 1. The molecule has 0 aliphatic carbocycles. The standard InChI is InChI=1S/C21H26ClN3O/c1-17-7-3-4-8-18(17)15-23(2)16-21(26)25-13-11-24(12-14-25)20-10-6-5-9-19(20)22/h3-10H,11-16H2,1-2H3. The second kappa shape index (κ2) is 8.56. The number of carbonyl (C=O) groups is 1. The highest BCUT2D eigenvalue weighted by Crippen LogP contribution is 2.26. The van der Waals surface area contributed by atoms with Gasteiger partial charge in [0.05, 0.1) is 17.3 Å². The molecule has 0 spiro atoms. The monoisotopic (exact) mass is 371 g/mol. The lowest BCUT2D eigenvalue weighted by Gasteiger charge is -2.37. The summed E-state index contributed by atoms with van der Waals surface area (Å²) >= 11 is 6.29. The number of rotatable bonds is 5. The van der Waals surface area contributed by atoms with Gasteiger partial charge in [-0.2, -0.15) is 0 Å². The third kappa shape index (κ3) is 4.57. The van der Waals surface area contributed by atoms with Gasteiger partial charge in [0.15, 0.2) is 0 Å². The molecule has 1 fully saturated rings. The van der Waals surface area contributed by atoms with E-state index in [1.54, 1.807) is 0 Å². The van der Waals surface area contributed by atoms with E-state index in [1.807, 2.05) is 48.3 Å². The molecule has 1 aliphatic rings. The van der Waals surface area contributed by atoms with Crippen LogP contribution in [0.4, 0.5) is 5.69 Å². The summed E-state index contributed by atoms with van der Waals surface area (Å²) in [5, 5.41) is 0.769. The molecule has 2 aromatic carbocycles. The SMILES string of the molecule is Cc1ccccc1CN(C)CC(=O)N1CCN(c2ccccc2Cl)CC1. The predicted molar refractivity (Wildman–Crippen MR) is 108 cm³/mol. The maximum atomic E-state index is 12.6. The summed E-state index contributed by atoms with van der Waals surface area (Å²) in [4.78, 5) is 18.9. The van der Waals surface area contributed by atoms with Crippen molar-refractivity contribution in [3.63, 3.8) is 0 Å². The average Bonchev–Trinajstić information content (AvgIpc) is 2.64. The van der Waals surface area contributed by atoms with Gasteiger partial charge in [0, 0.05) is 32.7 Å². The molecule has 1 heterocycles. The first kappa shape index (κ1) is 18.7. The van der Waals surface area contributed by atoms with Gasteiger partial charge in [-0.05, 0) is 37.2 Å². The summed E-state index contributed by atoms with van der Waals surface area (Å²) in [5.41, 5.74) is 3.59. The molecule has 26 heavy (non-hydrogen) atoms. The fourth-order valence-corrected chi connectivity index (χ4v) is 3.63. The highest BCUT2D eigenvalue weighted by molar-refractivity contribution is 6.33. The first-order chi connectivity index (χ1) is 12.5. The molecular formula is C21H26ClN3O. The van der Waals surface area contributed by atoms with E-state index in [9.17, 15) is 4.79 Å². The summed E-state index contributed by atoms with van der Waals surface area (Å²) < 4.78 is 0. The summed E-state index contributed by atoms with van der Waals surface area (Å²) in [5.74, 6) is 0.194. The zero-order chi connectivity index (χ0) is 18.5. The lowest BCUT2D eigenvalue weighted by Crippen LogP contribution is -2.51. The Morgan fingerprint density at radius 1 is 1.04 bits per heavy atom. The van der Waals surface area contributed by atoms with Gasteiger partial charge in [-0.25, -0.2) is 0 Å². The van der Waals surface area contributed by atoms with Crippen molar-refractivity contribution in [2.45, 2.75) is 13.5 Å². The molecule has 0 saturated carbocycles. The number of amides is 1. The first-order valence-corrected chi connectivity index (χ1v) is 9.42. The van der Waals surface area contributed by atoms with Gasteiger partial charge in [0.1, 0.15) is 0 Å².